The summed E-state index contributed by atoms with van der Waals surface area (Å²) in [6.07, 6.45) is 0.514. The Balaban J connectivity index is 1.42. The standard InChI is InChI=1S/C25H28ClNO7S2/c1-24(2)17-11-21(28)25(24,14-33-36(30,31)32)12-19(17)34-23(29)22(16-5-3-4-6-18(16)26)27-9-7-20-15(13-27)8-10-35-20/h3-6,8,10,17,19,22H,7,9,11-14H2,1-2H3,(H,30,31,32)/t17?,19?,22-,25+/m0/s1. The summed E-state index contributed by atoms with van der Waals surface area (Å²) in [7, 11) is -4.72. The lowest BCUT2D eigenvalue weighted by molar-refractivity contribution is -0.161. The first kappa shape index (κ1) is 25.8. The van der Waals surface area contributed by atoms with E-state index in [9.17, 15) is 18.0 Å². The molecule has 5 rings (SSSR count). The topological polar surface area (TPSA) is 110 Å². The summed E-state index contributed by atoms with van der Waals surface area (Å²) in [6.45, 7) is 4.50. The average molecular weight is 554 g/mol. The highest BCUT2D eigenvalue weighted by Crippen LogP contribution is 2.64. The van der Waals surface area contributed by atoms with Crippen molar-refractivity contribution in [3.63, 3.8) is 0 Å². The Morgan fingerprint density at radius 2 is 2.06 bits per heavy atom. The molecule has 194 valence electrons. The maximum atomic E-state index is 13.8. The molecule has 2 saturated carbocycles. The van der Waals surface area contributed by atoms with E-state index in [1.807, 2.05) is 32.0 Å². The first-order chi connectivity index (χ1) is 16.9. The van der Waals surface area contributed by atoms with Crippen LogP contribution in [-0.4, -0.2) is 48.9 Å². The number of thiophene rings is 1. The molecule has 0 spiro atoms. The molecule has 1 aliphatic heterocycles. The highest BCUT2D eigenvalue weighted by molar-refractivity contribution is 7.80. The van der Waals surface area contributed by atoms with E-state index in [0.717, 1.165) is 6.42 Å². The van der Waals surface area contributed by atoms with Crippen LogP contribution in [0.1, 0.15) is 48.7 Å². The largest absolute Gasteiger partial charge is 0.461 e. The quantitative estimate of drug-likeness (QED) is 0.400. The van der Waals surface area contributed by atoms with Crippen molar-refractivity contribution in [1.82, 2.24) is 4.90 Å². The van der Waals surface area contributed by atoms with E-state index in [-0.39, 0.29) is 24.5 Å². The summed E-state index contributed by atoms with van der Waals surface area (Å²) in [5.41, 5.74) is -0.0134. The van der Waals surface area contributed by atoms with E-state index in [1.54, 1.807) is 17.4 Å². The molecule has 2 fully saturated rings. The van der Waals surface area contributed by atoms with Crippen LogP contribution in [-0.2, 0) is 41.9 Å². The number of ketones is 1. The number of hydrogen-bond donors (Lipinski definition) is 1. The lowest BCUT2D eigenvalue weighted by Crippen LogP contribution is -2.42. The molecule has 3 aliphatic rings. The number of carbonyl (C=O) groups excluding carboxylic acids is 2. The van der Waals surface area contributed by atoms with E-state index in [2.05, 4.69) is 20.5 Å². The third kappa shape index (κ3) is 4.31. The summed E-state index contributed by atoms with van der Waals surface area (Å²) in [6, 6.07) is 8.57. The summed E-state index contributed by atoms with van der Waals surface area (Å²) < 4.78 is 42.5. The number of Topliss-reactive ketones (excluding diaryl/α,β-unsaturated/α-hetero) is 1. The smallest absolute Gasteiger partial charge is 0.397 e. The van der Waals surface area contributed by atoms with Gasteiger partial charge in [-0.1, -0.05) is 43.6 Å². The molecule has 2 bridgehead atoms. The van der Waals surface area contributed by atoms with Gasteiger partial charge in [0.2, 0.25) is 0 Å². The van der Waals surface area contributed by atoms with Gasteiger partial charge in [0.1, 0.15) is 17.9 Å². The molecular formula is C25H28ClNO7S2. The van der Waals surface area contributed by atoms with Gasteiger partial charge in [-0.05, 0) is 40.5 Å². The van der Waals surface area contributed by atoms with Crippen molar-refractivity contribution in [2.75, 3.05) is 13.2 Å². The van der Waals surface area contributed by atoms with Gasteiger partial charge in [0.05, 0.1) is 12.0 Å². The van der Waals surface area contributed by atoms with Gasteiger partial charge >= 0.3 is 16.4 Å². The second kappa shape index (κ2) is 9.18. The number of rotatable bonds is 7. The molecule has 1 aromatic carbocycles. The fourth-order valence-electron chi connectivity index (χ4n) is 6.32. The molecule has 2 aromatic rings. The van der Waals surface area contributed by atoms with Gasteiger partial charge in [-0.2, -0.15) is 8.42 Å². The van der Waals surface area contributed by atoms with Crippen molar-refractivity contribution in [2.24, 2.45) is 16.7 Å². The molecule has 11 heteroatoms. The van der Waals surface area contributed by atoms with Gasteiger partial charge in [-0.25, -0.2) is 8.98 Å². The minimum absolute atomic E-state index is 0.134. The molecule has 2 unspecified atom stereocenters. The predicted molar refractivity (Wildman–Crippen MR) is 134 cm³/mol. The molecule has 0 radical (unpaired) electrons. The molecule has 1 aromatic heterocycles. The second-order valence-corrected chi connectivity index (χ2v) is 12.9. The van der Waals surface area contributed by atoms with Crippen LogP contribution in [0.25, 0.3) is 0 Å². The Morgan fingerprint density at radius 3 is 2.78 bits per heavy atom. The molecule has 4 atom stereocenters. The average Bonchev–Trinajstić information content (AvgIpc) is 3.40. The Bertz CT molecular complexity index is 1310. The number of esters is 1. The Kier molecular flexibility index (Phi) is 6.58. The van der Waals surface area contributed by atoms with Crippen LogP contribution in [0.4, 0.5) is 0 Å². The SMILES string of the molecule is CC1(C)C2CC(=O)[C@]1(COS(=O)(=O)O)CC2OC(=O)[C@H](c1ccccc1Cl)N1CCc2sccc2C1. The zero-order chi connectivity index (χ0) is 25.9. The Labute approximate surface area is 219 Å². The van der Waals surface area contributed by atoms with Gasteiger partial charge < -0.3 is 4.74 Å². The van der Waals surface area contributed by atoms with Crippen molar-refractivity contribution >= 4 is 45.1 Å². The van der Waals surface area contributed by atoms with Crippen molar-refractivity contribution in [1.29, 1.82) is 0 Å². The normalized spacial score (nSPS) is 28.2. The van der Waals surface area contributed by atoms with Crippen LogP contribution in [0.5, 0.6) is 0 Å². The van der Waals surface area contributed by atoms with Crippen LogP contribution in [0.2, 0.25) is 5.02 Å². The molecule has 0 amide bonds. The monoisotopic (exact) mass is 553 g/mol. The fraction of sp³-hybridized carbons (Fsp3) is 0.520. The molecule has 36 heavy (non-hydrogen) atoms. The van der Waals surface area contributed by atoms with Crippen LogP contribution in [0, 0.1) is 16.7 Å². The number of fused-ring (bicyclic) bond motifs is 3. The Morgan fingerprint density at radius 1 is 1.31 bits per heavy atom. The van der Waals surface area contributed by atoms with E-state index < -0.39 is 46.0 Å². The molecule has 2 heterocycles. The number of ether oxygens (including phenoxy) is 1. The van der Waals surface area contributed by atoms with Gasteiger partial charge in [-0.3, -0.25) is 14.2 Å². The number of halogens is 1. The van der Waals surface area contributed by atoms with E-state index in [0.29, 0.717) is 23.7 Å². The third-order valence-corrected chi connectivity index (χ3v) is 10.2. The van der Waals surface area contributed by atoms with E-state index >= 15 is 0 Å². The van der Waals surface area contributed by atoms with Crippen LogP contribution < -0.4 is 0 Å². The summed E-state index contributed by atoms with van der Waals surface area (Å²) in [5.74, 6) is -0.888. The summed E-state index contributed by atoms with van der Waals surface area (Å²) in [4.78, 5) is 30.1. The highest BCUT2D eigenvalue weighted by atomic mass is 35.5. The van der Waals surface area contributed by atoms with Crippen molar-refractivity contribution in [3.8, 4) is 0 Å². The number of nitrogens with zero attached hydrogens (tertiary/aromatic N) is 1. The van der Waals surface area contributed by atoms with Gasteiger partial charge in [-0.15, -0.1) is 11.3 Å². The first-order valence-electron chi connectivity index (χ1n) is 11.8. The predicted octanol–water partition coefficient (Wildman–Crippen LogP) is 4.24. The van der Waals surface area contributed by atoms with Crippen LogP contribution in [0.15, 0.2) is 35.7 Å². The van der Waals surface area contributed by atoms with Crippen LogP contribution in [0.3, 0.4) is 0 Å². The van der Waals surface area contributed by atoms with Gasteiger partial charge in [0, 0.05) is 41.7 Å². The number of carbonyl (C=O) groups is 2. The zero-order valence-corrected chi connectivity index (χ0v) is 22.4. The Hall–Kier alpha value is -1.82. The van der Waals surface area contributed by atoms with Crippen molar-refractivity contribution < 1.29 is 31.5 Å². The third-order valence-electron chi connectivity index (χ3n) is 8.45. The van der Waals surface area contributed by atoms with Crippen molar-refractivity contribution in [2.45, 2.75) is 51.8 Å². The van der Waals surface area contributed by atoms with E-state index in [4.69, 9.17) is 20.9 Å². The minimum atomic E-state index is -4.72. The van der Waals surface area contributed by atoms with E-state index in [1.165, 1.54) is 10.4 Å². The molecule has 0 saturated heterocycles. The zero-order valence-electron chi connectivity index (χ0n) is 20.0. The highest BCUT2D eigenvalue weighted by Gasteiger charge is 2.69. The molecule has 2 aliphatic carbocycles. The molecule has 8 nitrogen and oxygen atoms in total. The maximum absolute atomic E-state index is 13.8. The molecular weight excluding hydrogens is 526 g/mol. The number of hydrogen-bond acceptors (Lipinski definition) is 8. The van der Waals surface area contributed by atoms with Crippen LogP contribution >= 0.6 is 22.9 Å². The van der Waals surface area contributed by atoms with Gasteiger partial charge in [0.15, 0.2) is 0 Å². The second-order valence-electron chi connectivity index (χ2n) is 10.4. The maximum Gasteiger partial charge on any atom is 0.397 e. The molecule has 1 N–H and O–H groups in total. The summed E-state index contributed by atoms with van der Waals surface area (Å²) in [5, 5.41) is 2.52. The number of benzene rings is 1. The lowest BCUT2D eigenvalue weighted by Gasteiger charge is -2.35. The summed E-state index contributed by atoms with van der Waals surface area (Å²) >= 11 is 8.25. The lowest BCUT2D eigenvalue weighted by atomic mass is 9.69. The fourth-order valence-corrected chi connectivity index (χ4v) is 7.80. The van der Waals surface area contributed by atoms with Gasteiger partial charge in [0.25, 0.3) is 0 Å². The minimum Gasteiger partial charge on any atom is -0.461 e. The van der Waals surface area contributed by atoms with Crippen molar-refractivity contribution in [3.05, 3.63) is 56.7 Å². The first-order valence-corrected chi connectivity index (χ1v) is 14.4.